The Kier molecular flexibility index (Phi) is 2.18. The van der Waals surface area contributed by atoms with Crippen LogP contribution in [0.2, 0.25) is 0 Å². The first kappa shape index (κ1) is 10.4. The number of rotatable bonds is 1. The summed E-state index contributed by atoms with van der Waals surface area (Å²) in [5, 5.41) is 9.27. The molecule has 3 heteroatoms. The third-order valence-electron chi connectivity index (χ3n) is 3.90. The minimum Gasteiger partial charge on any atom is -0.393 e. The predicted octanol–water partition coefficient (Wildman–Crippen LogP) is 1.49. The summed E-state index contributed by atoms with van der Waals surface area (Å²) in [4.78, 5) is 0. The topological polar surface area (TPSA) is 38.7 Å². The first-order valence-corrected chi connectivity index (χ1v) is 5.38. The van der Waals surface area contributed by atoms with E-state index in [2.05, 4.69) is 13.8 Å². The summed E-state index contributed by atoms with van der Waals surface area (Å²) in [6.07, 6.45) is 2.88. The molecule has 2 atom stereocenters. The van der Waals surface area contributed by atoms with E-state index < -0.39 is 0 Å². The Morgan fingerprint density at radius 1 is 1.14 bits per heavy atom. The fraction of sp³-hybridized carbons (Fsp3) is 1.00. The minimum absolute atomic E-state index is 0.102. The standard InChI is InChI=1S/C11H20O3/c1-9(2)11(6-7-13-9)5-4-10(3,8-12)14-11/h12H,4-8H2,1-3H3. The molecule has 0 saturated carbocycles. The number of ether oxygens (including phenoxy) is 2. The molecule has 2 aliphatic rings. The Morgan fingerprint density at radius 2 is 1.86 bits per heavy atom. The van der Waals surface area contributed by atoms with E-state index in [9.17, 15) is 5.11 Å². The molecule has 14 heavy (non-hydrogen) atoms. The van der Waals surface area contributed by atoms with Gasteiger partial charge in [0.25, 0.3) is 0 Å². The maximum atomic E-state index is 9.27. The van der Waals surface area contributed by atoms with Crippen LogP contribution < -0.4 is 0 Å². The second-order valence-electron chi connectivity index (χ2n) is 5.31. The fourth-order valence-electron chi connectivity index (χ4n) is 2.65. The number of hydrogen-bond acceptors (Lipinski definition) is 3. The largest absolute Gasteiger partial charge is 0.393 e. The maximum absolute atomic E-state index is 9.27. The van der Waals surface area contributed by atoms with E-state index >= 15 is 0 Å². The second-order valence-corrected chi connectivity index (χ2v) is 5.31. The third-order valence-corrected chi connectivity index (χ3v) is 3.90. The lowest BCUT2D eigenvalue weighted by Crippen LogP contribution is -2.48. The van der Waals surface area contributed by atoms with Crippen LogP contribution in [0.4, 0.5) is 0 Å². The molecule has 0 amide bonds. The molecule has 2 fully saturated rings. The van der Waals surface area contributed by atoms with Gasteiger partial charge in [0.1, 0.15) is 0 Å². The van der Waals surface area contributed by atoms with E-state index in [0.717, 1.165) is 25.9 Å². The van der Waals surface area contributed by atoms with Crippen LogP contribution in [-0.2, 0) is 9.47 Å². The quantitative estimate of drug-likeness (QED) is 0.697. The van der Waals surface area contributed by atoms with Crippen LogP contribution in [0.5, 0.6) is 0 Å². The predicted molar refractivity (Wildman–Crippen MR) is 53.2 cm³/mol. The normalized spacial score (nSPS) is 46.3. The molecule has 2 aliphatic heterocycles. The molecule has 0 bridgehead atoms. The molecule has 1 spiro atoms. The highest BCUT2D eigenvalue weighted by Gasteiger charge is 2.58. The Balaban J connectivity index is 2.20. The van der Waals surface area contributed by atoms with E-state index in [1.165, 1.54) is 0 Å². The molecule has 2 rings (SSSR count). The minimum atomic E-state index is -0.356. The zero-order valence-corrected chi connectivity index (χ0v) is 9.30. The lowest BCUT2D eigenvalue weighted by atomic mass is 9.83. The monoisotopic (exact) mass is 200 g/mol. The van der Waals surface area contributed by atoms with Crippen molar-refractivity contribution >= 4 is 0 Å². The van der Waals surface area contributed by atoms with E-state index in [0.29, 0.717) is 0 Å². The molecule has 0 aromatic heterocycles. The van der Waals surface area contributed by atoms with Gasteiger partial charge in [0.05, 0.1) is 30.0 Å². The zero-order chi connectivity index (χ0) is 10.4. The van der Waals surface area contributed by atoms with Crippen molar-refractivity contribution in [2.24, 2.45) is 0 Å². The number of aliphatic hydroxyl groups is 1. The molecule has 1 N–H and O–H groups in total. The summed E-state index contributed by atoms with van der Waals surface area (Å²) in [5.74, 6) is 0. The van der Waals surface area contributed by atoms with Gasteiger partial charge in [-0.3, -0.25) is 0 Å². The van der Waals surface area contributed by atoms with Gasteiger partial charge in [0, 0.05) is 6.42 Å². The summed E-state index contributed by atoms with van der Waals surface area (Å²) in [7, 11) is 0. The Hall–Kier alpha value is -0.120. The van der Waals surface area contributed by atoms with E-state index in [1.54, 1.807) is 0 Å². The van der Waals surface area contributed by atoms with Crippen LogP contribution in [-0.4, -0.2) is 35.1 Å². The van der Waals surface area contributed by atoms with Gasteiger partial charge in [-0.15, -0.1) is 0 Å². The molecule has 0 radical (unpaired) electrons. The average molecular weight is 200 g/mol. The van der Waals surface area contributed by atoms with Crippen molar-refractivity contribution in [1.82, 2.24) is 0 Å². The average Bonchev–Trinajstić information content (AvgIpc) is 2.58. The highest BCUT2D eigenvalue weighted by Crippen LogP contribution is 2.50. The van der Waals surface area contributed by atoms with Crippen LogP contribution in [0.1, 0.15) is 40.0 Å². The number of aliphatic hydroxyl groups excluding tert-OH is 1. The highest BCUT2D eigenvalue weighted by molar-refractivity contribution is 5.07. The molecule has 0 aromatic carbocycles. The van der Waals surface area contributed by atoms with Crippen molar-refractivity contribution in [3.8, 4) is 0 Å². The Bertz CT molecular complexity index is 239. The zero-order valence-electron chi connectivity index (χ0n) is 9.30. The molecule has 3 nitrogen and oxygen atoms in total. The lowest BCUT2D eigenvalue weighted by molar-refractivity contribution is -0.169. The van der Waals surface area contributed by atoms with Crippen molar-refractivity contribution < 1.29 is 14.6 Å². The van der Waals surface area contributed by atoms with E-state index in [4.69, 9.17) is 9.47 Å². The molecule has 82 valence electrons. The summed E-state index contributed by atoms with van der Waals surface area (Å²) in [6.45, 7) is 7.03. The summed E-state index contributed by atoms with van der Waals surface area (Å²) in [6, 6.07) is 0. The Morgan fingerprint density at radius 3 is 2.29 bits per heavy atom. The second kappa shape index (κ2) is 2.94. The summed E-state index contributed by atoms with van der Waals surface area (Å²) >= 11 is 0. The maximum Gasteiger partial charge on any atom is 0.0996 e. The molecule has 0 aromatic rings. The van der Waals surface area contributed by atoms with E-state index in [-0.39, 0.29) is 23.4 Å². The van der Waals surface area contributed by atoms with Crippen LogP contribution in [0, 0.1) is 0 Å². The van der Waals surface area contributed by atoms with Crippen LogP contribution in [0.15, 0.2) is 0 Å². The molecular weight excluding hydrogens is 180 g/mol. The van der Waals surface area contributed by atoms with Gasteiger partial charge in [-0.1, -0.05) is 0 Å². The molecule has 2 saturated heterocycles. The van der Waals surface area contributed by atoms with Gasteiger partial charge in [-0.2, -0.15) is 0 Å². The van der Waals surface area contributed by atoms with Gasteiger partial charge < -0.3 is 14.6 Å². The molecular formula is C11H20O3. The van der Waals surface area contributed by atoms with Crippen molar-refractivity contribution in [3.63, 3.8) is 0 Å². The SMILES string of the molecule is CC1(CO)CCC2(CCOC2(C)C)O1. The van der Waals surface area contributed by atoms with Crippen molar-refractivity contribution in [3.05, 3.63) is 0 Å². The first-order chi connectivity index (χ1) is 6.43. The fourth-order valence-corrected chi connectivity index (χ4v) is 2.65. The third kappa shape index (κ3) is 1.30. The van der Waals surface area contributed by atoms with Gasteiger partial charge in [-0.05, 0) is 33.6 Å². The molecule has 2 heterocycles. The summed E-state index contributed by atoms with van der Waals surface area (Å²) < 4.78 is 11.8. The van der Waals surface area contributed by atoms with Crippen LogP contribution in [0.25, 0.3) is 0 Å². The highest BCUT2D eigenvalue weighted by atomic mass is 16.6. The lowest BCUT2D eigenvalue weighted by Gasteiger charge is -2.38. The van der Waals surface area contributed by atoms with Gasteiger partial charge >= 0.3 is 0 Å². The smallest absolute Gasteiger partial charge is 0.0996 e. The van der Waals surface area contributed by atoms with Gasteiger partial charge in [-0.25, -0.2) is 0 Å². The Labute approximate surface area is 85.4 Å². The van der Waals surface area contributed by atoms with Crippen molar-refractivity contribution in [2.75, 3.05) is 13.2 Å². The van der Waals surface area contributed by atoms with Crippen molar-refractivity contribution in [2.45, 2.75) is 56.8 Å². The van der Waals surface area contributed by atoms with Gasteiger partial charge in [0.2, 0.25) is 0 Å². The van der Waals surface area contributed by atoms with Crippen molar-refractivity contribution in [1.29, 1.82) is 0 Å². The first-order valence-electron chi connectivity index (χ1n) is 5.38. The molecule has 0 aliphatic carbocycles. The van der Waals surface area contributed by atoms with Crippen LogP contribution in [0.3, 0.4) is 0 Å². The molecule has 2 unspecified atom stereocenters. The summed E-state index contributed by atoms with van der Waals surface area (Å²) in [5.41, 5.74) is -0.727. The van der Waals surface area contributed by atoms with E-state index in [1.807, 2.05) is 6.92 Å². The van der Waals surface area contributed by atoms with Gasteiger partial charge in [0.15, 0.2) is 0 Å². The number of hydrogen-bond donors (Lipinski definition) is 1. The van der Waals surface area contributed by atoms with Crippen LogP contribution >= 0.6 is 0 Å².